The Morgan fingerprint density at radius 3 is 2.89 bits per heavy atom. The summed E-state index contributed by atoms with van der Waals surface area (Å²) >= 11 is 0. The molecule has 0 spiro atoms. The Bertz CT molecular complexity index is 479. The summed E-state index contributed by atoms with van der Waals surface area (Å²) in [5.74, 6) is -1.04. The van der Waals surface area contributed by atoms with Crippen molar-refractivity contribution in [1.82, 2.24) is 0 Å². The van der Waals surface area contributed by atoms with Crippen LogP contribution in [-0.4, -0.2) is 23.7 Å². The van der Waals surface area contributed by atoms with Crippen LogP contribution in [0.15, 0.2) is 23.2 Å². The summed E-state index contributed by atoms with van der Waals surface area (Å²) in [5, 5.41) is 12.2. The first-order valence-electron chi connectivity index (χ1n) is 6.26. The molecular weight excluding hydrogens is 252 g/mol. The molecule has 0 bridgehead atoms. The lowest BCUT2D eigenvalue weighted by Gasteiger charge is -2.12. The van der Waals surface area contributed by atoms with Gasteiger partial charge >= 0.3 is 0 Å². The molecule has 2 rings (SSSR count). The van der Waals surface area contributed by atoms with Gasteiger partial charge in [0.25, 0.3) is 0 Å². The third-order valence-electron chi connectivity index (χ3n) is 3.31. The van der Waals surface area contributed by atoms with Gasteiger partial charge < -0.3 is 16.2 Å². The van der Waals surface area contributed by atoms with E-state index < -0.39 is 11.6 Å². The monoisotopic (exact) mass is 269 g/mol. The number of rotatable bonds is 3. The van der Waals surface area contributed by atoms with Crippen LogP contribution in [0.3, 0.4) is 0 Å². The molecule has 0 amide bonds. The van der Waals surface area contributed by atoms with Gasteiger partial charge in [-0.25, -0.2) is 8.78 Å². The van der Waals surface area contributed by atoms with Crippen molar-refractivity contribution in [3.05, 3.63) is 29.8 Å². The molecule has 4 N–H and O–H groups in total. The topological polar surface area (TPSA) is 70.6 Å². The standard InChI is InChI=1S/C13H17F2N3O/c14-9-4-5-10(15)11(6-9)18-13(16)17-7-8-2-1-3-12(8)19/h4-6,8,12,19H,1-3,7H2,(H3,16,17,18). The lowest BCUT2D eigenvalue weighted by Crippen LogP contribution is -2.25. The van der Waals surface area contributed by atoms with Crippen LogP contribution in [0, 0.1) is 17.6 Å². The summed E-state index contributed by atoms with van der Waals surface area (Å²) in [6.07, 6.45) is 2.33. The van der Waals surface area contributed by atoms with E-state index in [2.05, 4.69) is 10.3 Å². The molecule has 6 heteroatoms. The van der Waals surface area contributed by atoms with Crippen LogP contribution in [0.25, 0.3) is 0 Å². The average Bonchev–Trinajstić information content (AvgIpc) is 2.77. The maximum Gasteiger partial charge on any atom is 0.193 e. The quantitative estimate of drug-likeness (QED) is 0.579. The Morgan fingerprint density at radius 2 is 2.21 bits per heavy atom. The lowest BCUT2D eigenvalue weighted by molar-refractivity contribution is 0.137. The van der Waals surface area contributed by atoms with Crippen molar-refractivity contribution in [3.63, 3.8) is 0 Å². The maximum absolute atomic E-state index is 13.4. The van der Waals surface area contributed by atoms with Gasteiger partial charge in [-0.1, -0.05) is 6.42 Å². The molecule has 1 saturated carbocycles. The highest BCUT2D eigenvalue weighted by Gasteiger charge is 2.24. The number of nitrogens with one attached hydrogen (secondary N) is 1. The summed E-state index contributed by atoms with van der Waals surface area (Å²) in [4.78, 5) is 4.06. The Labute approximate surface area is 110 Å². The molecule has 1 aliphatic rings. The number of anilines is 1. The number of nitrogens with two attached hydrogens (primary N) is 1. The summed E-state index contributed by atoms with van der Waals surface area (Å²) in [6.45, 7) is 0.386. The summed E-state index contributed by atoms with van der Waals surface area (Å²) in [5.41, 5.74) is 5.57. The van der Waals surface area contributed by atoms with Gasteiger partial charge in [-0.05, 0) is 25.0 Å². The Morgan fingerprint density at radius 1 is 1.42 bits per heavy atom. The average molecular weight is 269 g/mol. The van der Waals surface area contributed by atoms with Gasteiger partial charge in [-0.2, -0.15) is 0 Å². The molecule has 0 saturated heterocycles. The van der Waals surface area contributed by atoms with E-state index >= 15 is 0 Å². The number of hydrogen-bond acceptors (Lipinski definition) is 2. The normalized spacial score (nSPS) is 23.6. The van der Waals surface area contributed by atoms with E-state index in [-0.39, 0.29) is 23.7 Å². The lowest BCUT2D eigenvalue weighted by atomic mass is 10.1. The molecule has 1 aromatic carbocycles. The van der Waals surface area contributed by atoms with Crippen LogP contribution in [0.2, 0.25) is 0 Å². The van der Waals surface area contributed by atoms with Crippen LogP contribution in [0.4, 0.5) is 14.5 Å². The molecule has 104 valence electrons. The Kier molecular flexibility index (Phi) is 4.31. The number of guanidine groups is 1. The molecule has 1 fully saturated rings. The second-order valence-corrected chi connectivity index (χ2v) is 4.73. The molecule has 4 nitrogen and oxygen atoms in total. The van der Waals surface area contributed by atoms with E-state index in [0.717, 1.165) is 37.5 Å². The van der Waals surface area contributed by atoms with Gasteiger partial charge in [0.1, 0.15) is 11.6 Å². The molecule has 1 aromatic rings. The zero-order valence-corrected chi connectivity index (χ0v) is 10.4. The van der Waals surface area contributed by atoms with Gasteiger partial charge in [0.15, 0.2) is 5.96 Å². The molecule has 0 radical (unpaired) electrons. The van der Waals surface area contributed by atoms with Gasteiger partial charge in [0.05, 0.1) is 11.8 Å². The van der Waals surface area contributed by atoms with Crippen molar-refractivity contribution >= 4 is 11.6 Å². The predicted octanol–water partition coefficient (Wildman–Crippen LogP) is 1.85. The van der Waals surface area contributed by atoms with E-state index in [1.165, 1.54) is 0 Å². The fraction of sp³-hybridized carbons (Fsp3) is 0.462. The van der Waals surface area contributed by atoms with Gasteiger partial charge in [-0.3, -0.25) is 4.99 Å². The van der Waals surface area contributed by atoms with E-state index in [9.17, 15) is 13.9 Å². The molecule has 2 atom stereocenters. The van der Waals surface area contributed by atoms with E-state index in [1.54, 1.807) is 0 Å². The van der Waals surface area contributed by atoms with Gasteiger partial charge in [0.2, 0.25) is 0 Å². The third-order valence-corrected chi connectivity index (χ3v) is 3.31. The zero-order valence-electron chi connectivity index (χ0n) is 10.4. The number of nitrogens with zero attached hydrogens (tertiary/aromatic N) is 1. The highest BCUT2D eigenvalue weighted by molar-refractivity contribution is 5.92. The molecular formula is C13H17F2N3O. The SMILES string of the molecule is NC(=NCC1CCCC1O)Nc1cc(F)ccc1F. The highest BCUT2D eigenvalue weighted by atomic mass is 19.1. The molecule has 2 unspecified atom stereocenters. The number of hydrogen-bond donors (Lipinski definition) is 3. The number of aliphatic imine (C=N–C) groups is 1. The summed E-state index contributed by atoms with van der Waals surface area (Å²) in [7, 11) is 0. The molecule has 0 aliphatic heterocycles. The van der Waals surface area contributed by atoms with Crippen molar-refractivity contribution in [2.75, 3.05) is 11.9 Å². The van der Waals surface area contributed by atoms with Gasteiger partial charge in [-0.15, -0.1) is 0 Å². The molecule has 0 aromatic heterocycles. The number of aliphatic hydroxyl groups is 1. The van der Waals surface area contributed by atoms with Crippen molar-refractivity contribution < 1.29 is 13.9 Å². The first-order valence-corrected chi connectivity index (χ1v) is 6.26. The van der Waals surface area contributed by atoms with Crippen molar-refractivity contribution in [2.24, 2.45) is 16.6 Å². The Hall–Kier alpha value is -1.69. The molecule has 1 aliphatic carbocycles. The number of benzene rings is 1. The molecule has 0 heterocycles. The predicted molar refractivity (Wildman–Crippen MR) is 69.8 cm³/mol. The Balaban J connectivity index is 1.96. The van der Waals surface area contributed by atoms with Crippen molar-refractivity contribution in [1.29, 1.82) is 0 Å². The van der Waals surface area contributed by atoms with Crippen molar-refractivity contribution in [2.45, 2.75) is 25.4 Å². The summed E-state index contributed by atoms with van der Waals surface area (Å²) in [6, 6.07) is 3.07. The maximum atomic E-state index is 13.4. The fourth-order valence-corrected chi connectivity index (χ4v) is 2.22. The number of halogens is 2. The zero-order chi connectivity index (χ0) is 13.8. The molecule has 19 heavy (non-hydrogen) atoms. The van der Waals surface area contributed by atoms with Crippen molar-refractivity contribution in [3.8, 4) is 0 Å². The first kappa shape index (κ1) is 13.7. The van der Waals surface area contributed by atoms with Crippen LogP contribution in [-0.2, 0) is 0 Å². The number of aliphatic hydroxyl groups excluding tert-OH is 1. The van der Waals surface area contributed by atoms with Crippen LogP contribution in [0.1, 0.15) is 19.3 Å². The van der Waals surface area contributed by atoms with E-state index in [0.29, 0.717) is 6.54 Å². The third kappa shape index (κ3) is 3.64. The smallest absolute Gasteiger partial charge is 0.193 e. The second-order valence-electron chi connectivity index (χ2n) is 4.73. The minimum absolute atomic E-state index is 0.0172. The second kappa shape index (κ2) is 5.97. The minimum Gasteiger partial charge on any atom is -0.393 e. The highest BCUT2D eigenvalue weighted by Crippen LogP contribution is 2.25. The van der Waals surface area contributed by atoms with E-state index in [4.69, 9.17) is 5.73 Å². The first-order chi connectivity index (χ1) is 9.06. The van der Waals surface area contributed by atoms with E-state index in [1.807, 2.05) is 0 Å². The minimum atomic E-state index is -0.597. The fourth-order valence-electron chi connectivity index (χ4n) is 2.22. The van der Waals surface area contributed by atoms with Crippen LogP contribution < -0.4 is 11.1 Å². The van der Waals surface area contributed by atoms with Gasteiger partial charge in [0, 0.05) is 18.5 Å². The summed E-state index contributed by atoms with van der Waals surface area (Å²) < 4.78 is 26.3. The van der Waals surface area contributed by atoms with Crippen LogP contribution in [0.5, 0.6) is 0 Å². The largest absolute Gasteiger partial charge is 0.393 e. The van der Waals surface area contributed by atoms with Crippen LogP contribution >= 0.6 is 0 Å².